The van der Waals surface area contributed by atoms with Gasteiger partial charge in [0.1, 0.15) is 24.3 Å². The number of fused-ring (bicyclic) bond motifs is 3. The summed E-state index contributed by atoms with van der Waals surface area (Å²) >= 11 is 0. The molecule has 1 aromatic heterocycles. The van der Waals surface area contributed by atoms with E-state index in [1.807, 2.05) is 41.3 Å². The topological polar surface area (TPSA) is 108 Å². The van der Waals surface area contributed by atoms with Gasteiger partial charge in [-0.25, -0.2) is 17.5 Å². The number of aromatic nitrogens is 2. The van der Waals surface area contributed by atoms with Crippen LogP contribution in [0.3, 0.4) is 0 Å². The van der Waals surface area contributed by atoms with Gasteiger partial charge in [0.05, 0.1) is 17.3 Å². The van der Waals surface area contributed by atoms with Crippen LogP contribution in [-0.4, -0.2) is 85.2 Å². The second-order valence-electron chi connectivity index (χ2n) is 12.3. The summed E-state index contributed by atoms with van der Waals surface area (Å²) in [6, 6.07) is 14.8. The molecule has 3 atom stereocenters. The lowest BCUT2D eigenvalue weighted by Crippen LogP contribution is -2.43. The molecule has 7 rings (SSSR count). The minimum absolute atomic E-state index is 0.124. The fourth-order valence-electron chi connectivity index (χ4n) is 7.32. The molecule has 0 aliphatic carbocycles. The largest absolute Gasteiger partial charge is 0.508 e. The predicted molar refractivity (Wildman–Crippen MR) is 169 cm³/mol. The molecule has 0 radical (unpaired) electrons. The Morgan fingerprint density at radius 2 is 2.05 bits per heavy atom. The third kappa shape index (κ3) is 5.31. The van der Waals surface area contributed by atoms with E-state index in [0.29, 0.717) is 50.4 Å². The highest BCUT2D eigenvalue weighted by molar-refractivity contribution is 7.88. The summed E-state index contributed by atoms with van der Waals surface area (Å²) in [5.74, 6) is 3.54. The van der Waals surface area contributed by atoms with Crippen LogP contribution in [0.25, 0.3) is 32.8 Å². The van der Waals surface area contributed by atoms with Crippen molar-refractivity contribution in [3.8, 4) is 35.2 Å². The van der Waals surface area contributed by atoms with Crippen molar-refractivity contribution in [2.45, 2.75) is 43.4 Å². The van der Waals surface area contributed by atoms with Crippen LogP contribution in [0.2, 0.25) is 0 Å². The molecular formula is C33H34FN5O4S. The average Bonchev–Trinajstić information content (AvgIpc) is 3.67. The van der Waals surface area contributed by atoms with Crippen LogP contribution in [-0.2, 0) is 10.0 Å². The Kier molecular flexibility index (Phi) is 7.11. The lowest BCUT2D eigenvalue weighted by Gasteiger charge is -2.31. The zero-order chi connectivity index (χ0) is 30.6. The van der Waals surface area contributed by atoms with Gasteiger partial charge in [-0.3, -0.25) is 4.90 Å². The number of sulfonamides is 1. The summed E-state index contributed by atoms with van der Waals surface area (Å²) < 4.78 is 47.3. The lowest BCUT2D eigenvalue weighted by atomic mass is 9.94. The Hall–Kier alpha value is -3.98. The van der Waals surface area contributed by atoms with Crippen LogP contribution < -0.4 is 14.4 Å². The van der Waals surface area contributed by atoms with E-state index >= 15 is 0 Å². The summed E-state index contributed by atoms with van der Waals surface area (Å²) in [5.41, 5.74) is 2.58. The number of terminal acetylenes is 1. The normalized spacial score (nSPS) is 23.8. The van der Waals surface area contributed by atoms with Gasteiger partial charge < -0.3 is 14.7 Å². The molecule has 0 saturated carbocycles. The number of benzene rings is 3. The van der Waals surface area contributed by atoms with Crippen molar-refractivity contribution in [1.29, 1.82) is 0 Å². The number of nitrogens with zero attached hydrogens (tertiary/aromatic N) is 4. The number of hydrogen-bond acceptors (Lipinski definition) is 8. The van der Waals surface area contributed by atoms with Gasteiger partial charge >= 0.3 is 6.01 Å². The van der Waals surface area contributed by atoms with Gasteiger partial charge in [-0.05, 0) is 72.7 Å². The maximum absolute atomic E-state index is 14.4. The highest BCUT2D eigenvalue weighted by Crippen LogP contribution is 2.41. The van der Waals surface area contributed by atoms with E-state index in [1.165, 1.54) is 0 Å². The quantitative estimate of drug-likeness (QED) is 0.298. The van der Waals surface area contributed by atoms with E-state index < -0.39 is 16.2 Å². The highest BCUT2D eigenvalue weighted by atomic mass is 32.2. The zero-order valence-electron chi connectivity index (χ0n) is 24.5. The summed E-state index contributed by atoms with van der Waals surface area (Å²) in [6.07, 6.45) is 9.08. The first-order valence-corrected chi connectivity index (χ1v) is 16.8. The number of phenolic OH excluding ortho intramolecular Hbond substituents is 1. The number of halogens is 1. The molecule has 11 heteroatoms. The number of ether oxygens (including phenoxy) is 1. The van der Waals surface area contributed by atoms with Crippen molar-refractivity contribution in [3.63, 3.8) is 0 Å². The van der Waals surface area contributed by atoms with Gasteiger partial charge in [-0.1, -0.05) is 24.1 Å². The van der Waals surface area contributed by atoms with Crippen molar-refractivity contribution in [2.24, 2.45) is 0 Å². The molecule has 3 aromatic carbocycles. The van der Waals surface area contributed by atoms with E-state index in [0.717, 1.165) is 58.5 Å². The molecular weight excluding hydrogens is 581 g/mol. The van der Waals surface area contributed by atoms with Crippen molar-refractivity contribution in [1.82, 2.24) is 19.6 Å². The number of aromatic hydroxyl groups is 1. The number of hydrogen-bond donors (Lipinski definition) is 2. The van der Waals surface area contributed by atoms with Crippen LogP contribution in [0, 0.1) is 12.3 Å². The molecule has 9 nitrogen and oxygen atoms in total. The first kappa shape index (κ1) is 28.8. The Balaban J connectivity index is 1.31. The molecule has 0 bridgehead atoms. The number of anilines is 1. The van der Waals surface area contributed by atoms with E-state index in [9.17, 15) is 17.9 Å². The summed E-state index contributed by atoms with van der Waals surface area (Å²) in [6.45, 7) is 2.63. The number of nitrogens with one attached hydrogen (secondary N) is 1. The number of alkyl halides is 1. The smallest absolute Gasteiger partial charge is 0.319 e. The minimum atomic E-state index is -3.36. The predicted octanol–water partition coefficient (Wildman–Crippen LogP) is 4.22. The van der Waals surface area contributed by atoms with Crippen molar-refractivity contribution < 1.29 is 22.7 Å². The second kappa shape index (κ2) is 10.9. The van der Waals surface area contributed by atoms with E-state index in [-0.39, 0.29) is 23.3 Å². The van der Waals surface area contributed by atoms with E-state index in [1.54, 1.807) is 12.1 Å². The van der Waals surface area contributed by atoms with Crippen LogP contribution in [0.4, 0.5) is 10.2 Å². The molecule has 3 fully saturated rings. The molecule has 3 aliphatic rings. The molecule has 0 spiro atoms. The third-order valence-electron chi connectivity index (χ3n) is 9.18. The molecule has 3 aliphatic heterocycles. The lowest BCUT2D eigenvalue weighted by molar-refractivity contribution is 0.107. The molecule has 2 N–H and O–H groups in total. The molecule has 3 saturated heterocycles. The fraction of sp³-hybridized carbons (Fsp3) is 0.394. The van der Waals surface area contributed by atoms with Gasteiger partial charge in [-0.15, -0.1) is 6.42 Å². The third-order valence-corrected chi connectivity index (χ3v) is 9.95. The summed E-state index contributed by atoms with van der Waals surface area (Å²) in [4.78, 5) is 13.9. The van der Waals surface area contributed by atoms with Crippen LogP contribution in [0.5, 0.6) is 11.8 Å². The Labute approximate surface area is 256 Å². The average molecular weight is 616 g/mol. The molecule has 1 unspecified atom stereocenters. The fourth-order valence-corrected chi connectivity index (χ4v) is 8.12. The Morgan fingerprint density at radius 1 is 1.18 bits per heavy atom. The number of rotatable bonds is 7. The van der Waals surface area contributed by atoms with Gasteiger partial charge in [-0.2, -0.15) is 9.97 Å². The number of phenols is 1. The van der Waals surface area contributed by atoms with Gasteiger partial charge in [0, 0.05) is 48.4 Å². The molecule has 228 valence electrons. The second-order valence-corrected chi connectivity index (χ2v) is 14.1. The Morgan fingerprint density at radius 3 is 2.86 bits per heavy atom. The van der Waals surface area contributed by atoms with E-state index in [4.69, 9.17) is 21.1 Å². The first-order chi connectivity index (χ1) is 21.1. The van der Waals surface area contributed by atoms with Gasteiger partial charge in [0.25, 0.3) is 0 Å². The van der Waals surface area contributed by atoms with Crippen LogP contribution >= 0.6 is 0 Å². The van der Waals surface area contributed by atoms with E-state index in [2.05, 4.69) is 15.5 Å². The Bertz CT molecular complexity index is 1930. The zero-order valence-corrected chi connectivity index (χ0v) is 25.3. The first-order valence-electron chi connectivity index (χ1n) is 14.9. The molecule has 4 aromatic rings. The summed E-state index contributed by atoms with van der Waals surface area (Å²) in [5, 5.41) is 13.0. The van der Waals surface area contributed by atoms with Crippen LogP contribution in [0.15, 0.2) is 48.5 Å². The SMILES string of the molecule is C#Cc1cccc2cc(O)cc(-c3ccc4c(N5CCC(NS(C)(=O)=O)C5)nc(OC[C@@]56CCCN5C[C@H](F)C6)nc4c3)c12. The molecule has 4 heterocycles. The molecule has 44 heavy (non-hydrogen) atoms. The van der Waals surface area contributed by atoms with Crippen molar-refractivity contribution >= 4 is 37.5 Å². The van der Waals surface area contributed by atoms with Crippen molar-refractivity contribution in [2.75, 3.05) is 43.9 Å². The minimum Gasteiger partial charge on any atom is -0.508 e. The standard InChI is InChI=1S/C33H34FN5O4S/c1-3-21-6-4-7-23-14-26(40)16-28(30(21)23)22-8-9-27-29(15-22)35-32(43-20-33-11-5-12-39(33)18-24(34)17-33)36-31(27)38-13-10-25(19-38)37-44(2,41)42/h1,4,6-9,14-16,24-25,37,40H,5,10-13,17-20H2,2H3/t24-,25?,33+/m1/s1. The van der Waals surface area contributed by atoms with Crippen molar-refractivity contribution in [3.05, 3.63) is 54.1 Å². The van der Waals surface area contributed by atoms with Crippen LogP contribution in [0.1, 0.15) is 31.2 Å². The highest BCUT2D eigenvalue weighted by Gasteiger charge is 2.49. The summed E-state index contributed by atoms with van der Waals surface area (Å²) in [7, 11) is -3.36. The van der Waals surface area contributed by atoms with Gasteiger partial charge in [0.2, 0.25) is 10.0 Å². The van der Waals surface area contributed by atoms with Gasteiger partial charge in [0.15, 0.2) is 0 Å². The maximum Gasteiger partial charge on any atom is 0.319 e. The molecule has 0 amide bonds. The maximum atomic E-state index is 14.4. The monoisotopic (exact) mass is 615 g/mol.